The molecule has 5 aliphatic heterocycles. The van der Waals surface area contributed by atoms with E-state index in [2.05, 4.69) is 26.1 Å². The van der Waals surface area contributed by atoms with Crippen molar-refractivity contribution < 1.29 is 9.47 Å². The van der Waals surface area contributed by atoms with Gasteiger partial charge in [0.15, 0.2) is 11.6 Å². The van der Waals surface area contributed by atoms with E-state index >= 15 is 0 Å². The number of rotatable bonds is 3. The Balaban J connectivity index is 1.40. The minimum Gasteiger partial charge on any atom is -0.377 e. The first-order valence-corrected chi connectivity index (χ1v) is 10.5. The molecule has 0 radical (unpaired) electrons. The fourth-order valence-electron chi connectivity index (χ4n) is 5.44. The van der Waals surface area contributed by atoms with Crippen LogP contribution in [0.5, 0.6) is 0 Å². The Morgan fingerprint density at radius 3 is 2.62 bits per heavy atom. The molecule has 8 heterocycles. The van der Waals surface area contributed by atoms with Gasteiger partial charge in [-0.25, -0.2) is 9.50 Å². The highest BCUT2D eigenvalue weighted by atomic mass is 16.5. The third-order valence-electron chi connectivity index (χ3n) is 6.81. The molecule has 5 fully saturated rings. The fourth-order valence-corrected chi connectivity index (χ4v) is 5.44. The third-order valence-corrected chi connectivity index (χ3v) is 6.81. The summed E-state index contributed by atoms with van der Waals surface area (Å²) in [5.74, 6) is 1.79. The van der Waals surface area contributed by atoms with E-state index in [-0.39, 0.29) is 0 Å². The maximum Gasteiger partial charge on any atom is 0.179 e. The molecule has 29 heavy (non-hydrogen) atoms. The number of morpholine rings is 2. The molecule has 0 aliphatic carbocycles. The van der Waals surface area contributed by atoms with Gasteiger partial charge < -0.3 is 19.3 Å². The molecule has 5 aliphatic rings. The van der Waals surface area contributed by atoms with Crippen LogP contribution < -0.4 is 9.80 Å². The largest absolute Gasteiger partial charge is 0.377 e. The molecular weight excluding hydrogens is 370 g/mol. The van der Waals surface area contributed by atoms with Gasteiger partial charge in [-0.15, -0.1) is 5.10 Å². The zero-order valence-electron chi connectivity index (χ0n) is 16.1. The smallest absolute Gasteiger partial charge is 0.179 e. The lowest BCUT2D eigenvalue weighted by molar-refractivity contribution is -0.133. The number of aromatic nitrogens is 5. The average molecular weight is 393 g/mol. The lowest BCUT2D eigenvalue weighted by atomic mass is 9.99. The molecule has 0 amide bonds. The van der Waals surface area contributed by atoms with Crippen molar-refractivity contribution in [1.29, 1.82) is 0 Å². The Morgan fingerprint density at radius 1 is 1.10 bits per heavy atom. The predicted molar refractivity (Wildman–Crippen MR) is 106 cm³/mol. The number of imidazole rings is 1. The normalized spacial score (nSPS) is 30.8. The molecule has 3 aromatic heterocycles. The van der Waals surface area contributed by atoms with Gasteiger partial charge in [0.25, 0.3) is 0 Å². The van der Waals surface area contributed by atoms with Gasteiger partial charge >= 0.3 is 0 Å². The average Bonchev–Trinajstić information content (AvgIpc) is 3.45. The van der Waals surface area contributed by atoms with E-state index in [1.807, 2.05) is 16.8 Å². The third kappa shape index (κ3) is 2.37. The number of hydrogen-bond acceptors (Lipinski definition) is 7. The van der Waals surface area contributed by atoms with Crippen molar-refractivity contribution in [3.05, 3.63) is 24.5 Å². The Bertz CT molecular complexity index is 1030. The number of fused-ring (bicyclic) bond motifs is 5. The molecule has 9 nitrogen and oxygen atoms in total. The molecule has 4 unspecified atom stereocenters. The van der Waals surface area contributed by atoms with Crippen molar-refractivity contribution in [2.24, 2.45) is 0 Å². The molecule has 0 saturated carbocycles. The van der Waals surface area contributed by atoms with Crippen LogP contribution in [0.4, 0.5) is 11.5 Å². The Labute approximate surface area is 167 Å². The number of nitrogens with one attached hydrogen (secondary N) is 1. The summed E-state index contributed by atoms with van der Waals surface area (Å²) in [5.41, 5.74) is 3.12. The van der Waals surface area contributed by atoms with E-state index in [1.165, 1.54) is 24.9 Å². The quantitative estimate of drug-likeness (QED) is 0.721. The van der Waals surface area contributed by atoms with Gasteiger partial charge in [-0.05, 0) is 18.9 Å². The maximum absolute atomic E-state index is 5.84. The Kier molecular flexibility index (Phi) is 3.31. The van der Waals surface area contributed by atoms with Crippen molar-refractivity contribution in [1.82, 2.24) is 24.8 Å². The lowest BCUT2D eigenvalue weighted by Crippen LogP contribution is -2.57. The highest BCUT2D eigenvalue weighted by Crippen LogP contribution is 2.39. The van der Waals surface area contributed by atoms with E-state index in [4.69, 9.17) is 19.6 Å². The summed E-state index contributed by atoms with van der Waals surface area (Å²) in [6, 6.07) is 5.05. The van der Waals surface area contributed by atoms with Crippen LogP contribution in [0.3, 0.4) is 0 Å². The molecule has 4 atom stereocenters. The van der Waals surface area contributed by atoms with Gasteiger partial charge in [-0.3, -0.25) is 5.10 Å². The molecule has 8 rings (SSSR count). The van der Waals surface area contributed by atoms with Crippen LogP contribution in [0, 0.1) is 0 Å². The van der Waals surface area contributed by atoms with Crippen molar-refractivity contribution in [2.75, 3.05) is 36.1 Å². The topological polar surface area (TPSA) is 83.8 Å². The van der Waals surface area contributed by atoms with Gasteiger partial charge in [-0.1, -0.05) is 0 Å². The highest BCUT2D eigenvalue weighted by molar-refractivity contribution is 5.78. The van der Waals surface area contributed by atoms with Gasteiger partial charge in [0.05, 0.1) is 49.4 Å². The van der Waals surface area contributed by atoms with Crippen LogP contribution >= 0.6 is 0 Å². The van der Waals surface area contributed by atoms with E-state index in [0.717, 1.165) is 49.2 Å². The molecule has 3 aromatic rings. The monoisotopic (exact) mass is 393 g/mol. The number of ether oxygens (including phenoxy) is 2. The van der Waals surface area contributed by atoms with Gasteiger partial charge in [0.1, 0.15) is 11.2 Å². The summed E-state index contributed by atoms with van der Waals surface area (Å²) in [7, 11) is 0. The van der Waals surface area contributed by atoms with Crippen molar-refractivity contribution in [2.45, 2.75) is 43.6 Å². The van der Waals surface area contributed by atoms with Crippen LogP contribution in [0.1, 0.15) is 19.3 Å². The second-order valence-electron chi connectivity index (χ2n) is 8.59. The summed E-state index contributed by atoms with van der Waals surface area (Å²) in [5, 5.41) is 12.1. The zero-order valence-corrected chi connectivity index (χ0v) is 16.1. The summed E-state index contributed by atoms with van der Waals surface area (Å²) >= 11 is 0. The Hall–Kier alpha value is -2.65. The molecule has 9 heteroatoms. The summed E-state index contributed by atoms with van der Waals surface area (Å²) in [6.07, 6.45) is 7.89. The summed E-state index contributed by atoms with van der Waals surface area (Å²) in [6.45, 7) is 3.39. The first kappa shape index (κ1) is 16.2. The number of anilines is 2. The molecular formula is C20H23N7O2. The summed E-state index contributed by atoms with van der Waals surface area (Å²) in [4.78, 5) is 9.63. The molecule has 150 valence electrons. The van der Waals surface area contributed by atoms with Crippen LogP contribution in [0.2, 0.25) is 0 Å². The number of aromatic amines is 1. The van der Waals surface area contributed by atoms with Crippen LogP contribution in [0.15, 0.2) is 24.5 Å². The van der Waals surface area contributed by atoms with Crippen LogP contribution in [-0.2, 0) is 9.47 Å². The molecule has 4 bridgehead atoms. The number of hydrogen-bond donors (Lipinski definition) is 1. The molecule has 0 aromatic carbocycles. The van der Waals surface area contributed by atoms with Crippen LogP contribution in [0.25, 0.3) is 17.0 Å². The molecule has 1 N–H and O–H groups in total. The van der Waals surface area contributed by atoms with E-state index in [9.17, 15) is 0 Å². The first-order chi connectivity index (χ1) is 14.3. The minimum absolute atomic E-state index is 0.337. The standard InChI is InChI=1S/C20H23N7O2/c1-2-13-11-28-10-12(1)26(13)17-6-19(25-8-14-5-15(9-25)29-14)24-27-18(17)7-21-20(27)16-3-4-22-23-16/h3-4,6-7,12-15H,1-2,5,8-11H2,(H,22,23). The minimum atomic E-state index is 0.337. The second kappa shape index (κ2) is 5.93. The molecule has 0 spiro atoms. The SMILES string of the molecule is c1cc(-c2ncc3c(N4C5CCC4COC5)cc(N4CC5CC(C4)O5)nn23)[nH]n1. The fraction of sp³-hybridized carbons (Fsp3) is 0.550. The summed E-state index contributed by atoms with van der Waals surface area (Å²) < 4.78 is 13.7. The van der Waals surface area contributed by atoms with Crippen molar-refractivity contribution in [3.63, 3.8) is 0 Å². The van der Waals surface area contributed by atoms with Crippen molar-refractivity contribution >= 4 is 17.0 Å². The van der Waals surface area contributed by atoms with Gasteiger partial charge in [-0.2, -0.15) is 5.10 Å². The maximum atomic E-state index is 5.84. The lowest BCUT2D eigenvalue weighted by Gasteiger charge is -2.47. The number of nitrogens with zero attached hydrogens (tertiary/aromatic N) is 6. The van der Waals surface area contributed by atoms with E-state index < -0.39 is 0 Å². The zero-order chi connectivity index (χ0) is 18.9. The molecule has 5 saturated heterocycles. The van der Waals surface area contributed by atoms with Gasteiger partial charge in [0.2, 0.25) is 0 Å². The second-order valence-corrected chi connectivity index (χ2v) is 8.59. The van der Waals surface area contributed by atoms with Crippen molar-refractivity contribution in [3.8, 4) is 11.5 Å². The number of H-pyrrole nitrogens is 1. The van der Waals surface area contributed by atoms with Gasteiger partial charge in [0, 0.05) is 31.8 Å². The predicted octanol–water partition coefficient (Wildman–Crippen LogP) is 1.46. The van der Waals surface area contributed by atoms with Crippen LogP contribution in [-0.4, -0.2) is 75.4 Å². The first-order valence-electron chi connectivity index (χ1n) is 10.5. The van der Waals surface area contributed by atoms with E-state index in [1.54, 1.807) is 6.20 Å². The highest BCUT2D eigenvalue weighted by Gasteiger charge is 2.41. The Morgan fingerprint density at radius 2 is 1.90 bits per heavy atom. The number of piperidine rings is 1. The van der Waals surface area contributed by atoms with E-state index in [0.29, 0.717) is 24.3 Å².